The van der Waals surface area contributed by atoms with Crippen LogP contribution in [-0.4, -0.2) is 23.3 Å². The second-order valence-corrected chi connectivity index (χ2v) is 5.56. The van der Waals surface area contributed by atoms with Crippen LogP contribution in [0.15, 0.2) is 11.6 Å². The molecule has 0 amide bonds. The van der Waals surface area contributed by atoms with E-state index in [2.05, 4.69) is 11.8 Å². The lowest BCUT2D eigenvalue weighted by atomic mass is 9.63. The van der Waals surface area contributed by atoms with Crippen LogP contribution in [0.1, 0.15) is 34.1 Å². The molecular formula is C15H20O3. The summed E-state index contributed by atoms with van der Waals surface area (Å²) in [6, 6.07) is 0. The highest BCUT2D eigenvalue weighted by Gasteiger charge is 2.44. The largest absolute Gasteiger partial charge is 0.392 e. The molecule has 0 aromatic heterocycles. The molecule has 1 saturated carbocycles. The molecule has 1 aliphatic carbocycles. The Labute approximate surface area is 108 Å². The second kappa shape index (κ2) is 5.49. The standard InChI is InChI=1S/C15H20O3/c1-10(7-8-16)5-6-12-11(2)14(18)13(17)9-15(12,3)4/h7,11-12,16H,8-9H2,1-4H3. The van der Waals surface area contributed by atoms with Gasteiger partial charge in [-0.15, -0.1) is 0 Å². The van der Waals surface area contributed by atoms with Crippen molar-refractivity contribution in [3.63, 3.8) is 0 Å². The number of aliphatic hydroxyl groups is 1. The third kappa shape index (κ3) is 3.08. The lowest BCUT2D eigenvalue weighted by Gasteiger charge is -2.37. The van der Waals surface area contributed by atoms with Gasteiger partial charge >= 0.3 is 0 Å². The minimum Gasteiger partial charge on any atom is -0.392 e. The van der Waals surface area contributed by atoms with Gasteiger partial charge in [-0.25, -0.2) is 0 Å². The van der Waals surface area contributed by atoms with Crippen molar-refractivity contribution in [2.45, 2.75) is 34.1 Å². The Morgan fingerprint density at radius 2 is 2.11 bits per heavy atom. The van der Waals surface area contributed by atoms with E-state index in [1.54, 1.807) is 13.0 Å². The lowest BCUT2D eigenvalue weighted by Crippen LogP contribution is -2.43. The fraction of sp³-hybridized carbons (Fsp3) is 0.600. The molecule has 0 bridgehead atoms. The van der Waals surface area contributed by atoms with Crippen LogP contribution in [0.3, 0.4) is 0 Å². The summed E-state index contributed by atoms with van der Waals surface area (Å²) in [7, 11) is 0. The van der Waals surface area contributed by atoms with Crippen LogP contribution < -0.4 is 0 Å². The summed E-state index contributed by atoms with van der Waals surface area (Å²) in [5.41, 5.74) is 0.501. The molecule has 1 N–H and O–H groups in total. The first-order valence-corrected chi connectivity index (χ1v) is 6.16. The molecule has 0 heterocycles. The van der Waals surface area contributed by atoms with E-state index in [-0.39, 0.29) is 41.8 Å². The number of carbonyl (C=O) groups is 2. The highest BCUT2D eigenvalue weighted by molar-refractivity contribution is 6.38. The summed E-state index contributed by atoms with van der Waals surface area (Å²) < 4.78 is 0. The van der Waals surface area contributed by atoms with Crippen molar-refractivity contribution in [3.05, 3.63) is 11.6 Å². The maximum atomic E-state index is 11.7. The van der Waals surface area contributed by atoms with Gasteiger partial charge in [-0.05, 0) is 24.0 Å². The van der Waals surface area contributed by atoms with Crippen molar-refractivity contribution < 1.29 is 14.7 Å². The zero-order valence-corrected chi connectivity index (χ0v) is 11.4. The quantitative estimate of drug-likeness (QED) is 0.568. The number of carbonyl (C=O) groups excluding carboxylic acids is 2. The molecule has 1 aliphatic rings. The van der Waals surface area contributed by atoms with Crippen LogP contribution in [0, 0.1) is 29.1 Å². The average molecular weight is 248 g/mol. The number of allylic oxidation sites excluding steroid dienone is 1. The van der Waals surface area contributed by atoms with Crippen molar-refractivity contribution in [2.75, 3.05) is 6.61 Å². The van der Waals surface area contributed by atoms with Crippen molar-refractivity contribution >= 4 is 11.6 Å². The molecule has 2 unspecified atom stereocenters. The van der Waals surface area contributed by atoms with Crippen molar-refractivity contribution in [1.29, 1.82) is 0 Å². The minimum absolute atomic E-state index is 0.0401. The van der Waals surface area contributed by atoms with Gasteiger partial charge in [0.25, 0.3) is 0 Å². The van der Waals surface area contributed by atoms with E-state index in [9.17, 15) is 9.59 Å². The summed E-state index contributed by atoms with van der Waals surface area (Å²) in [5, 5.41) is 8.76. The molecule has 0 aliphatic heterocycles. The van der Waals surface area contributed by atoms with Gasteiger partial charge in [0.2, 0.25) is 5.78 Å². The zero-order valence-electron chi connectivity index (χ0n) is 11.4. The molecule has 2 atom stereocenters. The Balaban J connectivity index is 3.01. The van der Waals surface area contributed by atoms with E-state index < -0.39 is 0 Å². The van der Waals surface area contributed by atoms with Gasteiger partial charge in [-0.2, -0.15) is 0 Å². The Morgan fingerprint density at radius 1 is 1.50 bits per heavy atom. The van der Waals surface area contributed by atoms with Gasteiger partial charge in [-0.1, -0.05) is 32.6 Å². The van der Waals surface area contributed by atoms with Crippen LogP contribution >= 0.6 is 0 Å². The van der Waals surface area contributed by atoms with Crippen LogP contribution in [-0.2, 0) is 9.59 Å². The van der Waals surface area contributed by atoms with E-state index in [1.165, 1.54) is 0 Å². The van der Waals surface area contributed by atoms with Gasteiger partial charge in [-0.3, -0.25) is 9.59 Å². The van der Waals surface area contributed by atoms with Crippen molar-refractivity contribution in [3.8, 4) is 11.8 Å². The van der Waals surface area contributed by atoms with Crippen LogP contribution in [0.2, 0.25) is 0 Å². The average Bonchev–Trinajstić information content (AvgIpc) is 2.25. The molecule has 3 nitrogen and oxygen atoms in total. The topological polar surface area (TPSA) is 54.4 Å². The number of aliphatic hydroxyl groups excluding tert-OH is 1. The maximum Gasteiger partial charge on any atom is 0.202 e. The lowest BCUT2D eigenvalue weighted by molar-refractivity contribution is -0.145. The van der Waals surface area contributed by atoms with Gasteiger partial charge in [0.15, 0.2) is 5.78 Å². The summed E-state index contributed by atoms with van der Waals surface area (Å²) >= 11 is 0. The predicted octanol–water partition coefficient (Wildman–Crippen LogP) is 1.75. The normalized spacial score (nSPS) is 27.7. The predicted molar refractivity (Wildman–Crippen MR) is 69.7 cm³/mol. The third-order valence-electron chi connectivity index (χ3n) is 3.47. The highest BCUT2D eigenvalue weighted by Crippen LogP contribution is 2.40. The summed E-state index contributed by atoms with van der Waals surface area (Å²) in [5.74, 6) is 4.99. The SMILES string of the molecule is CC(C#CC1C(C)C(=O)C(=O)CC1(C)C)=CCO. The first-order valence-electron chi connectivity index (χ1n) is 6.16. The van der Waals surface area contributed by atoms with Gasteiger partial charge in [0, 0.05) is 18.3 Å². The van der Waals surface area contributed by atoms with Gasteiger partial charge in [0.05, 0.1) is 6.61 Å². The fourth-order valence-corrected chi connectivity index (χ4v) is 2.39. The maximum absolute atomic E-state index is 11.7. The highest BCUT2D eigenvalue weighted by atomic mass is 16.2. The molecular weight excluding hydrogens is 228 g/mol. The first kappa shape index (κ1) is 14.7. The second-order valence-electron chi connectivity index (χ2n) is 5.56. The van der Waals surface area contributed by atoms with Crippen molar-refractivity contribution in [2.24, 2.45) is 17.3 Å². The Morgan fingerprint density at radius 3 is 2.67 bits per heavy atom. The Hall–Kier alpha value is -1.40. The summed E-state index contributed by atoms with van der Waals surface area (Å²) in [6.07, 6.45) is 1.89. The van der Waals surface area contributed by atoms with Crippen LogP contribution in [0.25, 0.3) is 0 Å². The molecule has 1 rings (SSSR count). The molecule has 0 aromatic rings. The number of hydrogen-bond acceptors (Lipinski definition) is 3. The van der Waals surface area contributed by atoms with Gasteiger partial charge in [0.1, 0.15) is 0 Å². The monoisotopic (exact) mass is 248 g/mol. The molecule has 0 spiro atoms. The van der Waals surface area contributed by atoms with E-state index in [4.69, 9.17) is 5.11 Å². The molecule has 98 valence electrons. The number of Topliss-reactive ketones (excluding diaryl/α,β-unsaturated/α-hetero) is 2. The molecule has 0 saturated heterocycles. The Kier molecular flexibility index (Phi) is 4.48. The summed E-state index contributed by atoms with van der Waals surface area (Å²) in [6.45, 7) is 7.49. The van der Waals surface area contributed by atoms with Crippen LogP contribution in [0.5, 0.6) is 0 Å². The molecule has 1 fully saturated rings. The molecule has 3 heteroatoms. The smallest absolute Gasteiger partial charge is 0.202 e. The van der Waals surface area contributed by atoms with E-state index >= 15 is 0 Å². The number of hydrogen-bond donors (Lipinski definition) is 1. The van der Waals surface area contributed by atoms with E-state index in [0.29, 0.717) is 0 Å². The zero-order chi connectivity index (χ0) is 13.9. The van der Waals surface area contributed by atoms with Crippen LogP contribution in [0.4, 0.5) is 0 Å². The minimum atomic E-state index is -0.351. The van der Waals surface area contributed by atoms with E-state index in [0.717, 1.165) is 5.57 Å². The molecule has 0 radical (unpaired) electrons. The molecule has 18 heavy (non-hydrogen) atoms. The first-order chi connectivity index (χ1) is 8.29. The van der Waals surface area contributed by atoms with E-state index in [1.807, 2.05) is 20.8 Å². The fourth-order valence-electron chi connectivity index (χ4n) is 2.39. The molecule has 0 aromatic carbocycles. The third-order valence-corrected chi connectivity index (χ3v) is 3.47. The number of rotatable bonds is 1. The Bertz CT molecular complexity index is 446. The summed E-state index contributed by atoms with van der Waals surface area (Å²) in [4.78, 5) is 23.3. The number of ketones is 2. The van der Waals surface area contributed by atoms with Gasteiger partial charge < -0.3 is 5.11 Å². The van der Waals surface area contributed by atoms with Crippen molar-refractivity contribution in [1.82, 2.24) is 0 Å².